The van der Waals surface area contributed by atoms with Gasteiger partial charge in [-0.15, -0.1) is 0 Å². The van der Waals surface area contributed by atoms with Gasteiger partial charge >= 0.3 is 5.00 Å². The van der Waals surface area contributed by atoms with E-state index in [4.69, 9.17) is 0 Å². The highest BCUT2D eigenvalue weighted by Gasteiger charge is 2.11. The van der Waals surface area contributed by atoms with Crippen LogP contribution < -0.4 is 5.32 Å². The molecule has 0 aliphatic carbocycles. The van der Waals surface area contributed by atoms with Crippen LogP contribution in [0.25, 0.3) is 0 Å². The summed E-state index contributed by atoms with van der Waals surface area (Å²) in [6.45, 7) is 5.13. The zero-order valence-corrected chi connectivity index (χ0v) is 12.0. The number of nitrogens with one attached hydrogen (secondary N) is 1. The first-order chi connectivity index (χ1) is 8.67. The van der Waals surface area contributed by atoms with E-state index in [1.54, 1.807) is 6.07 Å². The average Bonchev–Trinajstić information content (AvgIpc) is 2.81. The number of nitrogens with zero attached hydrogens (tertiary/aromatic N) is 1. The summed E-state index contributed by atoms with van der Waals surface area (Å²) in [4.78, 5) is 11.3. The van der Waals surface area contributed by atoms with Crippen molar-refractivity contribution in [2.45, 2.75) is 58.5 Å². The fraction of sp³-hybridized carbons (Fsp3) is 0.692. The van der Waals surface area contributed by atoms with Gasteiger partial charge in [0.15, 0.2) is 0 Å². The third-order valence-electron chi connectivity index (χ3n) is 2.94. The number of thiophene rings is 1. The first-order valence-corrected chi connectivity index (χ1v) is 7.45. The molecule has 1 aromatic rings. The molecule has 0 saturated carbocycles. The van der Waals surface area contributed by atoms with Crippen LogP contribution in [0.5, 0.6) is 0 Å². The molecule has 0 fully saturated rings. The van der Waals surface area contributed by atoms with Gasteiger partial charge in [0.05, 0.1) is 4.92 Å². The van der Waals surface area contributed by atoms with Crippen LogP contribution in [0.4, 0.5) is 5.00 Å². The fourth-order valence-corrected chi connectivity index (χ4v) is 2.72. The summed E-state index contributed by atoms with van der Waals surface area (Å²) in [5, 5.41) is 14.3. The highest BCUT2D eigenvalue weighted by molar-refractivity contribution is 7.15. The Morgan fingerprint density at radius 3 is 2.67 bits per heavy atom. The van der Waals surface area contributed by atoms with Gasteiger partial charge in [0, 0.05) is 23.5 Å². The molecule has 0 amide bonds. The Labute approximate surface area is 113 Å². The lowest BCUT2D eigenvalue weighted by atomic mass is 10.1. The molecule has 1 aromatic heterocycles. The Morgan fingerprint density at radius 1 is 1.33 bits per heavy atom. The van der Waals surface area contributed by atoms with Crippen molar-refractivity contribution in [3.05, 3.63) is 27.1 Å². The lowest BCUT2D eigenvalue weighted by Crippen LogP contribution is -2.28. The summed E-state index contributed by atoms with van der Waals surface area (Å²) >= 11 is 1.26. The van der Waals surface area contributed by atoms with E-state index >= 15 is 0 Å². The van der Waals surface area contributed by atoms with Crippen LogP contribution in [0.2, 0.25) is 0 Å². The molecule has 1 rings (SSSR count). The van der Waals surface area contributed by atoms with Crippen molar-refractivity contribution in [3.8, 4) is 0 Å². The molecule has 4 nitrogen and oxygen atoms in total. The summed E-state index contributed by atoms with van der Waals surface area (Å²) in [6, 6.07) is 3.97. The van der Waals surface area contributed by atoms with Crippen LogP contribution >= 0.6 is 11.3 Å². The van der Waals surface area contributed by atoms with Crippen molar-refractivity contribution >= 4 is 16.3 Å². The van der Waals surface area contributed by atoms with Crippen LogP contribution in [0.1, 0.15) is 50.8 Å². The SMILES string of the molecule is CCCCC(CCC)NCc1ccc([N+](=O)[O-])s1. The summed E-state index contributed by atoms with van der Waals surface area (Å²) in [5.41, 5.74) is 0. The largest absolute Gasteiger partial charge is 0.324 e. The molecule has 0 aliphatic heterocycles. The van der Waals surface area contributed by atoms with Crippen molar-refractivity contribution in [2.75, 3.05) is 0 Å². The Morgan fingerprint density at radius 2 is 2.11 bits per heavy atom. The minimum absolute atomic E-state index is 0.229. The van der Waals surface area contributed by atoms with Crippen molar-refractivity contribution < 1.29 is 4.92 Å². The van der Waals surface area contributed by atoms with Crippen LogP contribution in [-0.2, 0) is 6.54 Å². The topological polar surface area (TPSA) is 55.2 Å². The quantitative estimate of drug-likeness (QED) is 0.543. The first-order valence-electron chi connectivity index (χ1n) is 6.63. The number of hydrogen-bond donors (Lipinski definition) is 1. The van der Waals surface area contributed by atoms with Gasteiger partial charge in [-0.3, -0.25) is 10.1 Å². The molecular formula is C13H22N2O2S. The van der Waals surface area contributed by atoms with E-state index < -0.39 is 0 Å². The lowest BCUT2D eigenvalue weighted by Gasteiger charge is -2.17. The van der Waals surface area contributed by atoms with E-state index in [-0.39, 0.29) is 9.92 Å². The maximum Gasteiger partial charge on any atom is 0.324 e. The Hall–Kier alpha value is -0.940. The van der Waals surface area contributed by atoms with Crippen molar-refractivity contribution in [2.24, 2.45) is 0 Å². The summed E-state index contributed by atoms with van der Waals surface area (Å²) in [5.74, 6) is 0. The second-order valence-corrected chi connectivity index (χ2v) is 5.65. The van der Waals surface area contributed by atoms with E-state index in [0.717, 1.165) is 11.4 Å². The van der Waals surface area contributed by atoms with Crippen LogP contribution in [0.15, 0.2) is 12.1 Å². The van der Waals surface area contributed by atoms with Gasteiger partial charge in [0.1, 0.15) is 0 Å². The highest BCUT2D eigenvalue weighted by atomic mass is 32.1. The number of nitro groups is 1. The van der Waals surface area contributed by atoms with E-state index in [9.17, 15) is 10.1 Å². The zero-order chi connectivity index (χ0) is 13.4. The summed E-state index contributed by atoms with van der Waals surface area (Å²) in [6.07, 6.45) is 5.99. The maximum absolute atomic E-state index is 10.6. The predicted octanol–water partition coefficient (Wildman–Crippen LogP) is 4.10. The van der Waals surface area contributed by atoms with Gasteiger partial charge < -0.3 is 5.32 Å². The lowest BCUT2D eigenvalue weighted by molar-refractivity contribution is -0.380. The summed E-state index contributed by atoms with van der Waals surface area (Å²) in [7, 11) is 0. The number of hydrogen-bond acceptors (Lipinski definition) is 4. The van der Waals surface area contributed by atoms with Crippen molar-refractivity contribution in [1.29, 1.82) is 0 Å². The monoisotopic (exact) mass is 270 g/mol. The second-order valence-electron chi connectivity index (χ2n) is 4.51. The number of unbranched alkanes of at least 4 members (excludes halogenated alkanes) is 1. The van der Waals surface area contributed by atoms with Gasteiger partial charge in [-0.25, -0.2) is 0 Å². The molecule has 0 bridgehead atoms. The Kier molecular flexibility index (Phi) is 6.90. The third-order valence-corrected chi connectivity index (χ3v) is 3.97. The molecule has 102 valence electrons. The Balaban J connectivity index is 2.42. The van der Waals surface area contributed by atoms with Crippen LogP contribution in [0.3, 0.4) is 0 Å². The van der Waals surface area contributed by atoms with Gasteiger partial charge in [0.2, 0.25) is 0 Å². The van der Waals surface area contributed by atoms with Crippen LogP contribution in [0, 0.1) is 10.1 Å². The molecular weight excluding hydrogens is 248 g/mol. The standard InChI is InChI=1S/C13H22N2O2S/c1-3-5-7-11(6-4-2)14-10-12-8-9-13(18-12)15(16)17/h8-9,11,14H,3-7,10H2,1-2H3. The minimum Gasteiger partial charge on any atom is -0.309 e. The second kappa shape index (κ2) is 8.21. The van der Waals surface area contributed by atoms with Crippen molar-refractivity contribution in [3.63, 3.8) is 0 Å². The Bertz CT molecular complexity index is 366. The smallest absolute Gasteiger partial charge is 0.309 e. The van der Waals surface area contributed by atoms with E-state index in [0.29, 0.717) is 6.04 Å². The van der Waals surface area contributed by atoms with Crippen LogP contribution in [-0.4, -0.2) is 11.0 Å². The molecule has 0 radical (unpaired) electrons. The molecule has 0 aliphatic rings. The molecule has 0 saturated heterocycles. The average molecular weight is 270 g/mol. The molecule has 1 unspecified atom stereocenters. The van der Waals surface area contributed by atoms with E-state index in [1.807, 2.05) is 6.07 Å². The maximum atomic E-state index is 10.6. The minimum atomic E-state index is -0.325. The fourth-order valence-electron chi connectivity index (χ4n) is 1.95. The van der Waals surface area contributed by atoms with Gasteiger partial charge in [-0.1, -0.05) is 44.4 Å². The third kappa shape index (κ3) is 5.14. The van der Waals surface area contributed by atoms with Gasteiger partial charge in [-0.05, 0) is 18.9 Å². The predicted molar refractivity (Wildman–Crippen MR) is 76.0 cm³/mol. The number of rotatable bonds is 9. The first kappa shape index (κ1) is 15.1. The zero-order valence-electron chi connectivity index (χ0n) is 11.1. The van der Waals surface area contributed by atoms with Gasteiger partial charge in [-0.2, -0.15) is 0 Å². The molecule has 0 aromatic carbocycles. The normalized spacial score (nSPS) is 12.6. The van der Waals surface area contributed by atoms with Crippen molar-refractivity contribution in [1.82, 2.24) is 5.32 Å². The highest BCUT2D eigenvalue weighted by Crippen LogP contribution is 2.24. The van der Waals surface area contributed by atoms with E-state index in [2.05, 4.69) is 19.2 Å². The van der Waals surface area contributed by atoms with Gasteiger partial charge in [0.25, 0.3) is 0 Å². The molecule has 1 N–H and O–H groups in total. The molecule has 5 heteroatoms. The molecule has 0 spiro atoms. The molecule has 1 atom stereocenters. The summed E-state index contributed by atoms with van der Waals surface area (Å²) < 4.78 is 0. The molecule has 1 heterocycles. The molecule has 18 heavy (non-hydrogen) atoms. The van der Waals surface area contributed by atoms with E-state index in [1.165, 1.54) is 43.4 Å².